The van der Waals surface area contributed by atoms with Crippen molar-refractivity contribution in [2.45, 2.75) is 64.2 Å². The SMILES string of the molecule is CC(C)C1CCC(c2nc(N)nc(C3CC3)n2)CC1. The van der Waals surface area contributed by atoms with Gasteiger partial charge in [0.25, 0.3) is 0 Å². The molecule has 1 aromatic heterocycles. The maximum atomic E-state index is 5.84. The van der Waals surface area contributed by atoms with Gasteiger partial charge in [-0.15, -0.1) is 0 Å². The Bertz CT molecular complexity index is 445. The van der Waals surface area contributed by atoms with Gasteiger partial charge >= 0.3 is 0 Å². The Balaban J connectivity index is 1.72. The Morgan fingerprint density at radius 2 is 1.32 bits per heavy atom. The van der Waals surface area contributed by atoms with Crippen molar-refractivity contribution in [1.82, 2.24) is 15.0 Å². The summed E-state index contributed by atoms with van der Waals surface area (Å²) < 4.78 is 0. The van der Waals surface area contributed by atoms with Gasteiger partial charge < -0.3 is 5.73 Å². The van der Waals surface area contributed by atoms with Crippen molar-refractivity contribution in [3.05, 3.63) is 11.6 Å². The standard InChI is InChI=1S/C15H24N4/c1-9(2)10-3-5-11(6-4-10)13-17-14(12-7-8-12)19-15(16)18-13/h9-12H,3-8H2,1-2H3,(H2,16,17,18,19). The first kappa shape index (κ1) is 12.8. The first-order valence-electron chi connectivity index (χ1n) is 7.65. The van der Waals surface area contributed by atoms with Crippen LogP contribution in [0.5, 0.6) is 0 Å². The highest BCUT2D eigenvalue weighted by Crippen LogP contribution is 2.40. The highest BCUT2D eigenvalue weighted by atomic mass is 15.1. The van der Waals surface area contributed by atoms with E-state index >= 15 is 0 Å². The summed E-state index contributed by atoms with van der Waals surface area (Å²) >= 11 is 0. The lowest BCUT2D eigenvalue weighted by atomic mass is 9.77. The zero-order valence-corrected chi connectivity index (χ0v) is 12.0. The zero-order valence-electron chi connectivity index (χ0n) is 12.0. The average Bonchev–Trinajstić information content (AvgIpc) is 3.22. The quantitative estimate of drug-likeness (QED) is 0.906. The van der Waals surface area contributed by atoms with Crippen LogP contribution in [-0.2, 0) is 0 Å². The minimum atomic E-state index is 0.415. The summed E-state index contributed by atoms with van der Waals surface area (Å²) in [6.07, 6.45) is 7.43. The van der Waals surface area contributed by atoms with E-state index in [0.717, 1.165) is 23.5 Å². The van der Waals surface area contributed by atoms with Crippen molar-refractivity contribution in [3.8, 4) is 0 Å². The molecule has 19 heavy (non-hydrogen) atoms. The molecule has 2 N–H and O–H groups in total. The molecule has 0 radical (unpaired) electrons. The molecule has 0 unspecified atom stereocenters. The Kier molecular flexibility index (Phi) is 3.42. The second-order valence-corrected chi connectivity index (χ2v) is 6.54. The number of hydrogen-bond acceptors (Lipinski definition) is 4. The van der Waals surface area contributed by atoms with Gasteiger partial charge in [-0.05, 0) is 50.4 Å². The van der Waals surface area contributed by atoms with Crippen LogP contribution in [0.3, 0.4) is 0 Å². The van der Waals surface area contributed by atoms with E-state index in [1.807, 2.05) is 0 Å². The Hall–Kier alpha value is -1.19. The lowest BCUT2D eigenvalue weighted by Gasteiger charge is -2.30. The summed E-state index contributed by atoms with van der Waals surface area (Å²) in [6, 6.07) is 0. The number of aromatic nitrogens is 3. The van der Waals surface area contributed by atoms with Crippen LogP contribution in [-0.4, -0.2) is 15.0 Å². The molecule has 3 rings (SSSR count). The van der Waals surface area contributed by atoms with Gasteiger partial charge in [0.2, 0.25) is 5.95 Å². The van der Waals surface area contributed by atoms with Crippen LogP contribution >= 0.6 is 0 Å². The molecule has 4 heteroatoms. The molecule has 1 heterocycles. The predicted molar refractivity (Wildman–Crippen MR) is 75.8 cm³/mol. The van der Waals surface area contributed by atoms with Crippen molar-refractivity contribution in [1.29, 1.82) is 0 Å². The van der Waals surface area contributed by atoms with Crippen LogP contribution in [0.2, 0.25) is 0 Å². The van der Waals surface area contributed by atoms with Gasteiger partial charge in [-0.2, -0.15) is 9.97 Å². The first-order valence-corrected chi connectivity index (χ1v) is 7.65. The van der Waals surface area contributed by atoms with E-state index in [0.29, 0.717) is 17.8 Å². The molecule has 1 aromatic rings. The molecule has 104 valence electrons. The van der Waals surface area contributed by atoms with E-state index in [-0.39, 0.29) is 0 Å². The number of rotatable bonds is 3. The van der Waals surface area contributed by atoms with Crippen LogP contribution in [0.15, 0.2) is 0 Å². The molecule has 2 saturated carbocycles. The molecule has 2 aliphatic rings. The van der Waals surface area contributed by atoms with E-state index in [4.69, 9.17) is 5.73 Å². The average molecular weight is 260 g/mol. The molecule has 2 fully saturated rings. The Morgan fingerprint density at radius 3 is 1.74 bits per heavy atom. The number of anilines is 1. The van der Waals surface area contributed by atoms with Gasteiger partial charge in [-0.1, -0.05) is 13.8 Å². The van der Waals surface area contributed by atoms with Crippen LogP contribution in [0.25, 0.3) is 0 Å². The molecule has 4 nitrogen and oxygen atoms in total. The van der Waals surface area contributed by atoms with Crippen LogP contribution < -0.4 is 5.73 Å². The third kappa shape index (κ3) is 2.88. The summed E-state index contributed by atoms with van der Waals surface area (Å²) in [4.78, 5) is 13.4. The third-order valence-electron chi connectivity index (χ3n) is 4.71. The summed E-state index contributed by atoms with van der Waals surface area (Å²) in [5.41, 5.74) is 5.84. The van der Waals surface area contributed by atoms with Gasteiger partial charge in [0.05, 0.1) is 0 Å². The van der Waals surface area contributed by atoms with E-state index in [2.05, 4.69) is 28.8 Å². The molecule has 0 amide bonds. The molecule has 0 aliphatic heterocycles. The largest absolute Gasteiger partial charge is 0.368 e. The molecular formula is C15H24N4. The number of nitrogens with two attached hydrogens (primary N) is 1. The predicted octanol–water partition coefficient (Wildman–Crippen LogP) is 3.26. The van der Waals surface area contributed by atoms with Gasteiger partial charge in [0.1, 0.15) is 11.6 Å². The molecule has 0 aromatic carbocycles. The lowest BCUT2D eigenvalue weighted by Crippen LogP contribution is -2.20. The third-order valence-corrected chi connectivity index (χ3v) is 4.71. The van der Waals surface area contributed by atoms with Gasteiger partial charge in [-0.25, -0.2) is 4.98 Å². The van der Waals surface area contributed by atoms with E-state index in [9.17, 15) is 0 Å². The van der Waals surface area contributed by atoms with Gasteiger partial charge in [0.15, 0.2) is 0 Å². The summed E-state index contributed by atoms with van der Waals surface area (Å²) in [5.74, 6) is 5.03. The van der Waals surface area contributed by atoms with Crippen molar-refractivity contribution < 1.29 is 0 Å². The van der Waals surface area contributed by atoms with Crippen LogP contribution in [0, 0.1) is 11.8 Å². The first-order chi connectivity index (χ1) is 9.13. The number of nitrogen functional groups attached to an aromatic ring is 1. The Labute approximate surface area is 115 Å². The smallest absolute Gasteiger partial charge is 0.223 e. The normalized spacial score (nSPS) is 27.7. The van der Waals surface area contributed by atoms with Crippen molar-refractivity contribution in [2.24, 2.45) is 11.8 Å². The highest BCUT2D eigenvalue weighted by molar-refractivity contribution is 5.21. The molecule has 0 spiro atoms. The van der Waals surface area contributed by atoms with Gasteiger partial charge in [-0.3, -0.25) is 0 Å². The van der Waals surface area contributed by atoms with E-state index in [1.54, 1.807) is 0 Å². The number of hydrogen-bond donors (Lipinski definition) is 1. The van der Waals surface area contributed by atoms with Gasteiger partial charge in [0, 0.05) is 11.8 Å². The summed E-state index contributed by atoms with van der Waals surface area (Å²) in [5, 5.41) is 0. The molecule has 0 bridgehead atoms. The fraction of sp³-hybridized carbons (Fsp3) is 0.800. The van der Waals surface area contributed by atoms with Crippen molar-refractivity contribution >= 4 is 5.95 Å². The second kappa shape index (κ2) is 5.06. The minimum Gasteiger partial charge on any atom is -0.368 e. The van der Waals surface area contributed by atoms with Crippen molar-refractivity contribution in [2.75, 3.05) is 5.73 Å². The maximum Gasteiger partial charge on any atom is 0.223 e. The fourth-order valence-electron chi connectivity index (χ4n) is 3.18. The Morgan fingerprint density at radius 1 is 0.842 bits per heavy atom. The summed E-state index contributed by atoms with van der Waals surface area (Å²) in [6.45, 7) is 4.66. The second-order valence-electron chi connectivity index (χ2n) is 6.54. The minimum absolute atomic E-state index is 0.415. The van der Waals surface area contributed by atoms with E-state index in [1.165, 1.54) is 38.5 Å². The molecule has 2 aliphatic carbocycles. The molecule has 0 saturated heterocycles. The fourth-order valence-corrected chi connectivity index (χ4v) is 3.18. The monoisotopic (exact) mass is 260 g/mol. The summed E-state index contributed by atoms with van der Waals surface area (Å²) in [7, 11) is 0. The zero-order chi connectivity index (χ0) is 13.4. The van der Waals surface area contributed by atoms with Crippen molar-refractivity contribution in [3.63, 3.8) is 0 Å². The maximum absolute atomic E-state index is 5.84. The molecular weight excluding hydrogens is 236 g/mol. The number of nitrogens with zero attached hydrogens (tertiary/aromatic N) is 3. The topological polar surface area (TPSA) is 64.7 Å². The lowest BCUT2D eigenvalue weighted by molar-refractivity contribution is 0.254. The highest BCUT2D eigenvalue weighted by Gasteiger charge is 2.30. The van der Waals surface area contributed by atoms with Crippen LogP contribution in [0.4, 0.5) is 5.95 Å². The van der Waals surface area contributed by atoms with Crippen LogP contribution in [0.1, 0.15) is 75.9 Å². The van der Waals surface area contributed by atoms with E-state index < -0.39 is 0 Å². The molecule has 0 atom stereocenters.